The summed E-state index contributed by atoms with van der Waals surface area (Å²) in [6, 6.07) is -0.696. The standard InChI is InChI=1S/C14H26NO7P/c1-3-21-13(16)7-5-6-11(10-23(18,19)20)8-12(15)9-14(17)22-4-2/h8,12H,3-7,9-10,15H2,1-2H3,(H2,18,19,20)/b11-8+. The van der Waals surface area contributed by atoms with E-state index in [0.29, 0.717) is 18.4 Å². The molecule has 0 aromatic rings. The van der Waals surface area contributed by atoms with Crippen LogP contribution in [0.5, 0.6) is 0 Å². The molecule has 4 N–H and O–H groups in total. The zero-order chi connectivity index (χ0) is 17.9. The lowest BCUT2D eigenvalue weighted by Gasteiger charge is -2.12. The van der Waals surface area contributed by atoms with E-state index >= 15 is 0 Å². The molecule has 0 aliphatic carbocycles. The van der Waals surface area contributed by atoms with Crippen LogP contribution < -0.4 is 5.73 Å². The van der Waals surface area contributed by atoms with Gasteiger partial charge in [0.15, 0.2) is 0 Å². The van der Waals surface area contributed by atoms with Crippen molar-refractivity contribution < 1.29 is 33.4 Å². The van der Waals surface area contributed by atoms with E-state index in [2.05, 4.69) is 0 Å². The Balaban J connectivity index is 4.66. The van der Waals surface area contributed by atoms with Crippen molar-refractivity contribution in [2.45, 2.75) is 45.6 Å². The van der Waals surface area contributed by atoms with Crippen LogP contribution in [0, 0.1) is 0 Å². The van der Waals surface area contributed by atoms with Gasteiger partial charge in [-0.3, -0.25) is 14.2 Å². The summed E-state index contributed by atoms with van der Waals surface area (Å²) in [4.78, 5) is 40.8. The van der Waals surface area contributed by atoms with Crippen LogP contribution in [0.1, 0.15) is 39.5 Å². The summed E-state index contributed by atoms with van der Waals surface area (Å²) < 4.78 is 20.7. The van der Waals surface area contributed by atoms with Gasteiger partial charge in [-0.05, 0) is 26.7 Å². The number of carbonyl (C=O) groups is 2. The summed E-state index contributed by atoms with van der Waals surface area (Å²) in [5.74, 6) is -0.836. The molecule has 0 rings (SSSR count). The molecule has 134 valence electrons. The maximum atomic E-state index is 11.3. The van der Waals surface area contributed by atoms with E-state index in [1.165, 1.54) is 6.08 Å². The molecule has 1 unspecified atom stereocenters. The average molecular weight is 351 g/mol. The van der Waals surface area contributed by atoms with Gasteiger partial charge >= 0.3 is 19.5 Å². The van der Waals surface area contributed by atoms with Gasteiger partial charge in [-0.25, -0.2) is 0 Å². The minimum Gasteiger partial charge on any atom is -0.466 e. The van der Waals surface area contributed by atoms with Crippen molar-refractivity contribution in [1.82, 2.24) is 0 Å². The molecule has 0 saturated carbocycles. The van der Waals surface area contributed by atoms with Gasteiger partial charge in [-0.1, -0.05) is 11.6 Å². The second-order valence-electron chi connectivity index (χ2n) is 4.98. The first-order valence-electron chi connectivity index (χ1n) is 7.48. The lowest BCUT2D eigenvalue weighted by atomic mass is 10.1. The van der Waals surface area contributed by atoms with E-state index in [1.54, 1.807) is 13.8 Å². The number of rotatable bonds is 11. The predicted molar refractivity (Wildman–Crippen MR) is 84.7 cm³/mol. The fraction of sp³-hybridized carbons (Fsp3) is 0.714. The molecule has 0 heterocycles. The molecular weight excluding hydrogens is 325 g/mol. The topological polar surface area (TPSA) is 136 Å². The molecule has 0 bridgehead atoms. The van der Waals surface area contributed by atoms with E-state index in [4.69, 9.17) is 25.0 Å². The van der Waals surface area contributed by atoms with E-state index in [1.807, 2.05) is 0 Å². The highest BCUT2D eigenvalue weighted by atomic mass is 31.2. The summed E-state index contributed by atoms with van der Waals surface area (Å²) in [5.41, 5.74) is 6.20. The van der Waals surface area contributed by atoms with Crippen LogP contribution in [0.3, 0.4) is 0 Å². The molecule has 0 saturated heterocycles. The van der Waals surface area contributed by atoms with Crippen LogP contribution in [0.2, 0.25) is 0 Å². The molecule has 1 atom stereocenters. The summed E-state index contributed by atoms with van der Waals surface area (Å²) in [7, 11) is -4.26. The van der Waals surface area contributed by atoms with E-state index in [-0.39, 0.29) is 32.0 Å². The third kappa shape index (κ3) is 13.0. The molecule has 0 amide bonds. The van der Waals surface area contributed by atoms with Gasteiger partial charge in [0.1, 0.15) is 0 Å². The number of nitrogens with two attached hydrogens (primary N) is 1. The van der Waals surface area contributed by atoms with E-state index < -0.39 is 25.8 Å². The highest BCUT2D eigenvalue weighted by molar-refractivity contribution is 7.52. The van der Waals surface area contributed by atoms with Crippen molar-refractivity contribution in [3.8, 4) is 0 Å². The lowest BCUT2D eigenvalue weighted by molar-refractivity contribution is -0.144. The van der Waals surface area contributed by atoms with Crippen molar-refractivity contribution in [3.63, 3.8) is 0 Å². The molecule has 0 fully saturated rings. The lowest BCUT2D eigenvalue weighted by Crippen LogP contribution is -2.23. The maximum absolute atomic E-state index is 11.3. The van der Waals surface area contributed by atoms with Crippen molar-refractivity contribution in [2.24, 2.45) is 5.73 Å². The summed E-state index contributed by atoms with van der Waals surface area (Å²) in [6.07, 6.45) is 1.76. The van der Waals surface area contributed by atoms with Gasteiger partial charge in [0.2, 0.25) is 0 Å². The maximum Gasteiger partial charge on any atom is 0.329 e. The van der Waals surface area contributed by atoms with Crippen molar-refractivity contribution in [1.29, 1.82) is 0 Å². The average Bonchev–Trinajstić information content (AvgIpc) is 2.36. The monoisotopic (exact) mass is 351 g/mol. The highest BCUT2D eigenvalue weighted by Gasteiger charge is 2.18. The second kappa shape index (κ2) is 11.3. The Bertz CT molecular complexity index is 458. The molecular formula is C14H26NO7P. The molecule has 0 aromatic heterocycles. The van der Waals surface area contributed by atoms with Gasteiger partial charge in [-0.2, -0.15) is 0 Å². The fourth-order valence-electron chi connectivity index (χ4n) is 1.95. The summed E-state index contributed by atoms with van der Waals surface area (Å²) in [5, 5.41) is 0. The zero-order valence-corrected chi connectivity index (χ0v) is 14.5. The summed E-state index contributed by atoms with van der Waals surface area (Å²) >= 11 is 0. The molecule has 0 aliphatic heterocycles. The van der Waals surface area contributed by atoms with Gasteiger partial charge in [0.05, 0.1) is 25.8 Å². The van der Waals surface area contributed by atoms with Gasteiger partial charge in [0, 0.05) is 12.5 Å². The predicted octanol–water partition coefficient (Wildman–Crippen LogP) is 1.10. The van der Waals surface area contributed by atoms with Crippen LogP contribution >= 0.6 is 7.60 Å². The van der Waals surface area contributed by atoms with E-state index in [0.717, 1.165) is 0 Å². The Morgan fingerprint density at radius 3 is 2.22 bits per heavy atom. The van der Waals surface area contributed by atoms with Gasteiger partial charge in [-0.15, -0.1) is 0 Å². The third-order valence-corrected chi connectivity index (χ3v) is 3.57. The Hall–Kier alpha value is -1.21. The minimum atomic E-state index is -4.26. The normalized spacial score (nSPS) is 13.5. The molecule has 0 aliphatic rings. The van der Waals surface area contributed by atoms with Crippen LogP contribution in [0.15, 0.2) is 11.6 Å². The van der Waals surface area contributed by atoms with Crippen LogP contribution in [0.4, 0.5) is 0 Å². The van der Waals surface area contributed by atoms with Gasteiger partial charge in [0.25, 0.3) is 0 Å². The minimum absolute atomic E-state index is 0.0730. The van der Waals surface area contributed by atoms with Crippen molar-refractivity contribution in [3.05, 3.63) is 11.6 Å². The molecule has 0 radical (unpaired) electrons. The van der Waals surface area contributed by atoms with Crippen LogP contribution in [-0.4, -0.2) is 47.1 Å². The number of esters is 2. The Morgan fingerprint density at radius 1 is 1.13 bits per heavy atom. The van der Waals surface area contributed by atoms with Crippen molar-refractivity contribution in [2.75, 3.05) is 19.4 Å². The largest absolute Gasteiger partial charge is 0.466 e. The first-order chi connectivity index (χ1) is 10.7. The molecule has 8 nitrogen and oxygen atoms in total. The van der Waals surface area contributed by atoms with Gasteiger partial charge < -0.3 is 25.0 Å². The zero-order valence-electron chi connectivity index (χ0n) is 13.6. The molecule has 9 heteroatoms. The number of hydrogen-bond donors (Lipinski definition) is 3. The summed E-state index contributed by atoms with van der Waals surface area (Å²) in [6.45, 7) is 3.90. The molecule has 0 aromatic carbocycles. The second-order valence-corrected chi connectivity index (χ2v) is 6.62. The number of allylic oxidation sites excluding steroid dienone is 1. The Labute approximate surface area is 136 Å². The molecule has 23 heavy (non-hydrogen) atoms. The Kier molecular flexibility index (Phi) is 10.7. The quantitative estimate of drug-likeness (QED) is 0.286. The SMILES string of the molecule is CCOC(=O)CCC/C(=C\C(N)CC(=O)OCC)CP(=O)(O)O. The van der Waals surface area contributed by atoms with Crippen LogP contribution in [0.25, 0.3) is 0 Å². The van der Waals surface area contributed by atoms with Crippen LogP contribution in [-0.2, 0) is 23.6 Å². The fourth-order valence-corrected chi connectivity index (χ4v) is 2.74. The number of hydrogen-bond acceptors (Lipinski definition) is 6. The van der Waals surface area contributed by atoms with E-state index in [9.17, 15) is 14.2 Å². The molecule has 0 spiro atoms. The smallest absolute Gasteiger partial charge is 0.329 e. The number of carbonyl (C=O) groups excluding carboxylic acids is 2. The highest BCUT2D eigenvalue weighted by Crippen LogP contribution is 2.38. The van der Waals surface area contributed by atoms with Crippen molar-refractivity contribution >= 4 is 19.5 Å². The third-order valence-electron chi connectivity index (χ3n) is 2.75. The first kappa shape index (κ1) is 21.8. The Morgan fingerprint density at radius 2 is 1.70 bits per heavy atom. The number of ether oxygens (including phenoxy) is 2. The first-order valence-corrected chi connectivity index (χ1v) is 9.28.